The van der Waals surface area contributed by atoms with E-state index in [0.717, 1.165) is 6.07 Å². The first kappa shape index (κ1) is 20.0. The van der Waals surface area contributed by atoms with Crippen molar-refractivity contribution in [1.29, 1.82) is 0 Å². The molecule has 0 atom stereocenters. The number of aryl methyl sites for hydroxylation is 1. The molecule has 0 saturated heterocycles. The summed E-state index contributed by atoms with van der Waals surface area (Å²) in [6, 6.07) is 4.74. The molecule has 1 aromatic heterocycles. The predicted octanol–water partition coefficient (Wildman–Crippen LogP) is 4.81. The van der Waals surface area contributed by atoms with Gasteiger partial charge in [-0.2, -0.15) is 0 Å². The number of aromatic amines is 1. The zero-order chi connectivity index (χ0) is 20.8. The number of nitrogens with zero attached hydrogens (tertiary/aromatic N) is 1. The molecule has 148 valence electrons. The Hall–Kier alpha value is -2.75. The highest BCUT2D eigenvalue weighted by atomic mass is 32.2. The lowest BCUT2D eigenvalue weighted by atomic mass is 10.0. The largest absolute Gasteiger partial charge is 0.337 e. The lowest BCUT2D eigenvalue weighted by Crippen LogP contribution is -2.03. The maximum atomic E-state index is 14.6. The number of imidazole rings is 1. The van der Waals surface area contributed by atoms with Gasteiger partial charge < -0.3 is 4.98 Å². The minimum Gasteiger partial charge on any atom is -0.337 e. The summed E-state index contributed by atoms with van der Waals surface area (Å²) in [4.78, 5) is 5.12. The first-order chi connectivity index (χ1) is 13.0. The number of rotatable bonds is 4. The average molecular weight is 416 g/mol. The molecule has 1 N–H and O–H groups in total. The van der Waals surface area contributed by atoms with Crippen LogP contribution in [0.2, 0.25) is 0 Å². The second kappa shape index (κ2) is 7.01. The number of nitrogens with one attached hydrogen (secondary N) is 1. The van der Waals surface area contributed by atoms with Crippen LogP contribution in [0.4, 0.5) is 22.0 Å². The van der Waals surface area contributed by atoms with Crippen LogP contribution in [-0.4, -0.2) is 24.6 Å². The van der Waals surface area contributed by atoms with Gasteiger partial charge >= 0.3 is 0 Å². The van der Waals surface area contributed by atoms with Crippen molar-refractivity contribution in [3.63, 3.8) is 0 Å². The Morgan fingerprint density at radius 1 is 1.00 bits per heavy atom. The molecule has 1 heterocycles. The van der Waals surface area contributed by atoms with Gasteiger partial charge in [-0.15, -0.1) is 0 Å². The standard InChI is InChI=1S/C18H13F5N2O2S/c1-8-5-9(3-4-11(8)19)15-16(25-18(24-15)17(22)23)10-6-13(21)14(7-12(10)20)28(2,26)27/h3-7,17H,1-2H3,(H,24,25). The van der Waals surface area contributed by atoms with Gasteiger partial charge in [0.2, 0.25) is 0 Å². The van der Waals surface area contributed by atoms with Crippen molar-refractivity contribution in [2.75, 3.05) is 6.26 Å². The summed E-state index contributed by atoms with van der Waals surface area (Å²) >= 11 is 0. The molecule has 0 amide bonds. The van der Waals surface area contributed by atoms with Crippen LogP contribution in [-0.2, 0) is 9.84 Å². The first-order valence-electron chi connectivity index (χ1n) is 7.83. The molecule has 2 aromatic carbocycles. The topological polar surface area (TPSA) is 62.8 Å². The molecule has 0 radical (unpaired) electrons. The van der Waals surface area contributed by atoms with Crippen LogP contribution < -0.4 is 0 Å². The molecule has 0 spiro atoms. The van der Waals surface area contributed by atoms with Crippen LogP contribution in [0.5, 0.6) is 0 Å². The second-order valence-electron chi connectivity index (χ2n) is 6.14. The highest BCUT2D eigenvalue weighted by Gasteiger charge is 2.24. The molecule has 0 unspecified atom stereocenters. The zero-order valence-electron chi connectivity index (χ0n) is 14.5. The second-order valence-corrected chi connectivity index (χ2v) is 8.13. The van der Waals surface area contributed by atoms with Crippen molar-refractivity contribution in [3.05, 3.63) is 59.2 Å². The molecule has 0 aliphatic carbocycles. The number of H-pyrrole nitrogens is 1. The number of hydrogen-bond donors (Lipinski definition) is 1. The van der Waals surface area contributed by atoms with Crippen LogP contribution in [0.25, 0.3) is 22.5 Å². The summed E-state index contributed by atoms with van der Waals surface area (Å²) in [6.45, 7) is 1.44. The maximum Gasteiger partial charge on any atom is 0.295 e. The van der Waals surface area contributed by atoms with E-state index in [1.165, 1.54) is 19.1 Å². The van der Waals surface area contributed by atoms with E-state index in [4.69, 9.17) is 0 Å². The molecule has 3 aromatic rings. The molecule has 10 heteroatoms. The van der Waals surface area contributed by atoms with E-state index in [9.17, 15) is 30.4 Å². The Kier molecular flexibility index (Phi) is 5.00. The van der Waals surface area contributed by atoms with Crippen LogP contribution in [0.1, 0.15) is 17.8 Å². The van der Waals surface area contributed by atoms with E-state index in [1.807, 2.05) is 0 Å². The number of aromatic nitrogens is 2. The number of halogens is 5. The monoisotopic (exact) mass is 416 g/mol. The zero-order valence-corrected chi connectivity index (χ0v) is 15.3. The lowest BCUT2D eigenvalue weighted by molar-refractivity contribution is 0.141. The molecule has 0 aliphatic heterocycles. The van der Waals surface area contributed by atoms with Gasteiger partial charge in [-0.25, -0.2) is 35.4 Å². The summed E-state index contributed by atoms with van der Waals surface area (Å²) in [5, 5.41) is 0. The fourth-order valence-corrected chi connectivity index (χ4v) is 3.43. The van der Waals surface area contributed by atoms with Gasteiger partial charge in [0.15, 0.2) is 15.7 Å². The van der Waals surface area contributed by atoms with Crippen LogP contribution in [0, 0.1) is 24.4 Å². The molecular weight excluding hydrogens is 403 g/mol. The van der Waals surface area contributed by atoms with Crippen molar-refractivity contribution in [2.45, 2.75) is 18.2 Å². The fourth-order valence-electron chi connectivity index (χ4n) is 2.70. The molecule has 0 fully saturated rings. The summed E-state index contributed by atoms with van der Waals surface area (Å²) in [6.07, 6.45) is -2.32. The quantitative estimate of drug-likeness (QED) is 0.621. The normalized spacial score (nSPS) is 12.0. The number of hydrogen-bond acceptors (Lipinski definition) is 3. The maximum absolute atomic E-state index is 14.6. The Labute approximate surface area is 157 Å². The highest BCUT2D eigenvalue weighted by Crippen LogP contribution is 2.36. The minimum atomic E-state index is -4.04. The summed E-state index contributed by atoms with van der Waals surface area (Å²) in [5.74, 6) is -3.72. The van der Waals surface area contributed by atoms with Crippen molar-refractivity contribution in [2.24, 2.45) is 0 Å². The SMILES string of the molecule is Cc1cc(-c2nc(C(F)F)[nH]c2-c2cc(F)c(S(C)(=O)=O)cc2F)ccc1F. The van der Waals surface area contributed by atoms with E-state index < -0.39 is 50.0 Å². The summed E-state index contributed by atoms with van der Waals surface area (Å²) in [7, 11) is -4.04. The Balaban J connectivity index is 2.27. The fraction of sp³-hybridized carbons (Fsp3) is 0.167. The van der Waals surface area contributed by atoms with E-state index in [-0.39, 0.29) is 22.5 Å². The number of alkyl halides is 2. The molecule has 0 bridgehead atoms. The van der Waals surface area contributed by atoms with Gasteiger partial charge in [-0.1, -0.05) is 0 Å². The van der Waals surface area contributed by atoms with Crippen molar-refractivity contribution in [1.82, 2.24) is 9.97 Å². The summed E-state index contributed by atoms with van der Waals surface area (Å²) in [5.41, 5.74) is -0.518. The van der Waals surface area contributed by atoms with Crippen molar-refractivity contribution in [3.8, 4) is 22.5 Å². The van der Waals surface area contributed by atoms with Crippen LogP contribution in [0.3, 0.4) is 0 Å². The van der Waals surface area contributed by atoms with Crippen LogP contribution in [0.15, 0.2) is 35.2 Å². The number of benzene rings is 2. The van der Waals surface area contributed by atoms with Gasteiger partial charge in [0.25, 0.3) is 6.43 Å². The molecular formula is C18H13F5N2O2S. The van der Waals surface area contributed by atoms with E-state index in [1.54, 1.807) is 0 Å². The van der Waals surface area contributed by atoms with Gasteiger partial charge in [0, 0.05) is 17.4 Å². The lowest BCUT2D eigenvalue weighted by Gasteiger charge is -2.08. The van der Waals surface area contributed by atoms with E-state index >= 15 is 0 Å². The highest BCUT2D eigenvalue weighted by molar-refractivity contribution is 7.90. The third kappa shape index (κ3) is 3.64. The molecule has 0 aliphatic rings. The number of sulfone groups is 1. The van der Waals surface area contributed by atoms with E-state index in [0.29, 0.717) is 18.4 Å². The average Bonchev–Trinajstić information content (AvgIpc) is 3.03. The van der Waals surface area contributed by atoms with E-state index in [2.05, 4.69) is 9.97 Å². The van der Waals surface area contributed by atoms with Gasteiger partial charge in [-0.05, 0) is 42.8 Å². The Bertz CT molecular complexity index is 1170. The molecule has 4 nitrogen and oxygen atoms in total. The van der Waals surface area contributed by atoms with Crippen LogP contribution >= 0.6 is 0 Å². The molecule has 3 rings (SSSR count). The van der Waals surface area contributed by atoms with Gasteiger partial charge in [-0.3, -0.25) is 0 Å². The third-order valence-electron chi connectivity index (χ3n) is 4.05. The first-order valence-corrected chi connectivity index (χ1v) is 9.72. The van der Waals surface area contributed by atoms with Gasteiger partial charge in [0.05, 0.1) is 11.4 Å². The minimum absolute atomic E-state index is 0.149. The van der Waals surface area contributed by atoms with Crippen molar-refractivity contribution >= 4 is 9.84 Å². The predicted molar refractivity (Wildman–Crippen MR) is 92.1 cm³/mol. The third-order valence-corrected chi connectivity index (χ3v) is 5.16. The molecule has 0 saturated carbocycles. The van der Waals surface area contributed by atoms with Gasteiger partial charge in [0.1, 0.15) is 22.3 Å². The Morgan fingerprint density at radius 3 is 2.25 bits per heavy atom. The van der Waals surface area contributed by atoms with Crippen molar-refractivity contribution < 1.29 is 30.4 Å². The molecule has 28 heavy (non-hydrogen) atoms. The summed E-state index contributed by atoms with van der Waals surface area (Å²) < 4.78 is 91.7. The Morgan fingerprint density at radius 2 is 1.68 bits per heavy atom. The smallest absolute Gasteiger partial charge is 0.295 e.